The summed E-state index contributed by atoms with van der Waals surface area (Å²) in [6, 6.07) is 9.48. The van der Waals surface area contributed by atoms with Gasteiger partial charge in [-0.25, -0.2) is 13.9 Å². The molecule has 10 heteroatoms. The van der Waals surface area contributed by atoms with Crippen molar-refractivity contribution < 1.29 is 23.5 Å². The van der Waals surface area contributed by atoms with Gasteiger partial charge in [0.15, 0.2) is 0 Å². The Bertz CT molecular complexity index is 1450. The lowest BCUT2D eigenvalue weighted by Crippen LogP contribution is -2.43. The maximum atomic E-state index is 14.9. The first kappa shape index (κ1) is 27.2. The number of fused-ring (bicyclic) bond motifs is 2. The number of halogens is 3. The van der Waals surface area contributed by atoms with Crippen LogP contribution in [0.2, 0.25) is 10.0 Å². The van der Waals surface area contributed by atoms with Crippen molar-refractivity contribution in [2.24, 2.45) is 11.8 Å². The molecule has 0 spiro atoms. The number of piperidine rings is 1. The summed E-state index contributed by atoms with van der Waals surface area (Å²) < 4.78 is 28.2. The van der Waals surface area contributed by atoms with Crippen molar-refractivity contribution in [1.29, 1.82) is 0 Å². The summed E-state index contributed by atoms with van der Waals surface area (Å²) in [5.41, 5.74) is 2.94. The second-order valence-electron chi connectivity index (χ2n) is 11.2. The first-order valence-corrected chi connectivity index (χ1v) is 14.4. The monoisotopic (exact) mass is 585 g/mol. The summed E-state index contributed by atoms with van der Waals surface area (Å²) in [5, 5.41) is 5.59. The van der Waals surface area contributed by atoms with Crippen LogP contribution in [0.4, 0.5) is 10.1 Å². The highest BCUT2D eigenvalue weighted by molar-refractivity contribution is 6.37. The summed E-state index contributed by atoms with van der Waals surface area (Å²) in [6.07, 6.45) is 5.06. The zero-order valence-electron chi connectivity index (χ0n) is 22.3. The minimum atomic E-state index is -0.705. The van der Waals surface area contributed by atoms with E-state index in [1.54, 1.807) is 33.8 Å². The van der Waals surface area contributed by atoms with Gasteiger partial charge in [-0.2, -0.15) is 5.10 Å². The molecule has 2 aromatic carbocycles. The van der Waals surface area contributed by atoms with Crippen molar-refractivity contribution in [1.82, 2.24) is 9.78 Å². The van der Waals surface area contributed by atoms with Crippen molar-refractivity contribution in [2.75, 3.05) is 11.5 Å². The van der Waals surface area contributed by atoms with Crippen LogP contribution >= 0.6 is 23.2 Å². The highest BCUT2D eigenvalue weighted by Gasteiger charge is 2.52. The Morgan fingerprint density at radius 2 is 1.90 bits per heavy atom. The van der Waals surface area contributed by atoms with Gasteiger partial charge in [0, 0.05) is 11.7 Å². The number of amides is 1. The highest BCUT2D eigenvalue weighted by atomic mass is 35.5. The Morgan fingerprint density at radius 1 is 1.15 bits per heavy atom. The molecule has 0 unspecified atom stereocenters. The smallest absolute Gasteiger partial charge is 0.341 e. The van der Waals surface area contributed by atoms with Crippen LogP contribution in [0.25, 0.3) is 5.69 Å². The number of benzene rings is 2. The fraction of sp³-hybridized carbons (Fsp3) is 0.433. The average Bonchev–Trinajstić information content (AvgIpc) is 3.42. The molecule has 1 aromatic heterocycles. The van der Waals surface area contributed by atoms with Gasteiger partial charge in [0.1, 0.15) is 11.5 Å². The number of hydrogen-bond acceptors (Lipinski definition) is 5. The summed E-state index contributed by atoms with van der Waals surface area (Å²) in [5.74, 6) is -1.24. The normalized spacial score (nSPS) is 22.0. The summed E-state index contributed by atoms with van der Waals surface area (Å²) in [7, 11) is 0. The molecule has 2 saturated carbocycles. The summed E-state index contributed by atoms with van der Waals surface area (Å²) in [4.78, 5) is 27.3. The lowest BCUT2D eigenvalue weighted by Gasteiger charge is -2.31. The molecule has 0 radical (unpaired) electrons. The van der Waals surface area contributed by atoms with Crippen LogP contribution in [0.5, 0.6) is 0 Å². The second kappa shape index (κ2) is 10.8. The van der Waals surface area contributed by atoms with Crippen molar-refractivity contribution in [3.63, 3.8) is 0 Å². The molecule has 2 bridgehead atoms. The predicted octanol–water partition coefficient (Wildman–Crippen LogP) is 6.72. The molecule has 0 N–H and O–H groups in total. The molecule has 210 valence electrons. The topological polar surface area (TPSA) is 73.7 Å². The molecule has 6 rings (SSSR count). The van der Waals surface area contributed by atoms with E-state index in [1.165, 1.54) is 12.1 Å². The Hall–Kier alpha value is -2.94. The largest absolute Gasteiger partial charge is 0.462 e. The SMILES string of the molecule is CC(C)COC(=O)c1ccc(N2C(=O)[C@@H]3C[C@H]2C[C@H]3OCc2c(C3CC3)cnn2-c2c(Cl)cccc2Cl)cc1F. The number of esters is 1. The maximum absolute atomic E-state index is 14.9. The number of hydrogen-bond donors (Lipinski definition) is 0. The summed E-state index contributed by atoms with van der Waals surface area (Å²) >= 11 is 13.0. The zero-order chi connectivity index (χ0) is 28.1. The van der Waals surface area contributed by atoms with E-state index in [0.717, 1.165) is 24.1 Å². The molecule has 3 aromatic rings. The van der Waals surface area contributed by atoms with E-state index in [-0.39, 0.29) is 48.7 Å². The average molecular weight is 586 g/mol. The molecule has 2 heterocycles. The van der Waals surface area contributed by atoms with Crippen molar-refractivity contribution in [3.8, 4) is 5.69 Å². The van der Waals surface area contributed by atoms with Gasteiger partial charge in [0.25, 0.3) is 0 Å². The quantitative estimate of drug-likeness (QED) is 0.261. The molecule has 3 atom stereocenters. The molecule has 1 saturated heterocycles. The van der Waals surface area contributed by atoms with Gasteiger partial charge in [-0.15, -0.1) is 0 Å². The number of carbonyl (C=O) groups excluding carboxylic acids is 2. The standard InChI is InChI=1S/C30H30Cl2FN3O4/c1-16(2)14-40-30(38)20-9-8-18(11-25(20)33)35-19-10-21(29(35)37)27(12-19)39-15-26-22(17-6-7-17)13-34-36(26)28-23(31)4-3-5-24(28)32/h3-5,8-9,11,13,16-17,19,21,27H,6-7,10,12,14-15H2,1-2H3/t19-,21+,27+/m0/s1. The molecule has 7 nitrogen and oxygen atoms in total. The third-order valence-corrected chi connectivity index (χ3v) is 8.51. The Kier molecular flexibility index (Phi) is 7.36. The van der Waals surface area contributed by atoms with Gasteiger partial charge in [0.05, 0.1) is 52.7 Å². The number of carbonyl (C=O) groups is 2. The van der Waals surface area contributed by atoms with Crippen LogP contribution in [0, 0.1) is 17.7 Å². The number of ether oxygens (including phenoxy) is 2. The second-order valence-corrected chi connectivity index (χ2v) is 12.1. The van der Waals surface area contributed by atoms with Crippen LogP contribution in [0.3, 0.4) is 0 Å². The van der Waals surface area contributed by atoms with Gasteiger partial charge in [-0.05, 0) is 73.4 Å². The van der Waals surface area contributed by atoms with Crippen LogP contribution in [-0.4, -0.2) is 40.4 Å². The minimum Gasteiger partial charge on any atom is -0.462 e. The van der Waals surface area contributed by atoms with Crippen molar-refractivity contribution in [3.05, 3.63) is 75.3 Å². The van der Waals surface area contributed by atoms with Gasteiger partial charge in [-0.3, -0.25) is 4.79 Å². The molecule has 1 amide bonds. The third-order valence-electron chi connectivity index (χ3n) is 7.90. The molecule has 3 aliphatic rings. The van der Waals surface area contributed by atoms with Crippen LogP contribution in [-0.2, 0) is 20.9 Å². The van der Waals surface area contributed by atoms with E-state index >= 15 is 0 Å². The van der Waals surface area contributed by atoms with Gasteiger partial charge < -0.3 is 14.4 Å². The molecule has 3 fully saturated rings. The first-order chi connectivity index (χ1) is 19.2. The fourth-order valence-electron chi connectivity index (χ4n) is 5.80. The molecule has 1 aliphatic heterocycles. The highest BCUT2D eigenvalue weighted by Crippen LogP contribution is 2.45. The van der Waals surface area contributed by atoms with Crippen molar-refractivity contribution in [2.45, 2.75) is 64.2 Å². The lowest BCUT2D eigenvalue weighted by atomic mass is 10.0. The molecular weight excluding hydrogens is 556 g/mol. The number of nitrogens with zero attached hydrogens (tertiary/aromatic N) is 3. The van der Waals surface area contributed by atoms with Gasteiger partial charge >= 0.3 is 5.97 Å². The number of para-hydroxylation sites is 1. The predicted molar refractivity (Wildman–Crippen MR) is 150 cm³/mol. The maximum Gasteiger partial charge on any atom is 0.341 e. The van der Waals surface area contributed by atoms with Crippen LogP contribution < -0.4 is 4.90 Å². The lowest BCUT2D eigenvalue weighted by molar-refractivity contribution is -0.126. The Morgan fingerprint density at radius 3 is 2.55 bits per heavy atom. The van der Waals surface area contributed by atoms with E-state index in [1.807, 2.05) is 20.0 Å². The van der Waals surface area contributed by atoms with E-state index in [4.69, 9.17) is 32.7 Å². The Balaban J connectivity index is 1.16. The van der Waals surface area contributed by atoms with E-state index in [9.17, 15) is 14.0 Å². The number of aromatic nitrogens is 2. The van der Waals surface area contributed by atoms with Crippen LogP contribution in [0.1, 0.15) is 67.1 Å². The van der Waals surface area contributed by atoms with Crippen LogP contribution in [0.15, 0.2) is 42.6 Å². The zero-order valence-corrected chi connectivity index (χ0v) is 23.8. The number of rotatable bonds is 9. The fourth-order valence-corrected chi connectivity index (χ4v) is 6.36. The molecule has 40 heavy (non-hydrogen) atoms. The minimum absolute atomic E-state index is 0.0964. The third kappa shape index (κ3) is 5.01. The number of anilines is 1. The van der Waals surface area contributed by atoms with Gasteiger partial charge in [0.2, 0.25) is 5.91 Å². The van der Waals surface area contributed by atoms with E-state index in [2.05, 4.69) is 5.10 Å². The first-order valence-electron chi connectivity index (χ1n) is 13.7. The Labute approximate surface area is 242 Å². The van der Waals surface area contributed by atoms with Crippen molar-refractivity contribution >= 4 is 40.8 Å². The molecular formula is C30H30Cl2FN3O4. The molecule has 2 aliphatic carbocycles. The van der Waals surface area contributed by atoms with Gasteiger partial charge in [-0.1, -0.05) is 43.1 Å². The van der Waals surface area contributed by atoms with E-state index in [0.29, 0.717) is 40.2 Å². The summed E-state index contributed by atoms with van der Waals surface area (Å²) in [6.45, 7) is 4.31. The van der Waals surface area contributed by atoms with E-state index < -0.39 is 11.8 Å².